The van der Waals surface area contributed by atoms with Crippen molar-refractivity contribution in [2.45, 2.75) is 46.0 Å². The number of aliphatic hydroxyl groups excluding tert-OH is 1. The molecule has 0 radical (unpaired) electrons. The van der Waals surface area contributed by atoms with E-state index in [1.54, 1.807) is 0 Å². The fourth-order valence-corrected chi connectivity index (χ4v) is 3.98. The van der Waals surface area contributed by atoms with E-state index in [0.717, 1.165) is 49.8 Å². The third kappa shape index (κ3) is 4.08. The number of carbonyl (C=O) groups is 2. The van der Waals surface area contributed by atoms with E-state index in [2.05, 4.69) is 6.92 Å². The maximum atomic E-state index is 13.2. The van der Waals surface area contributed by atoms with Crippen molar-refractivity contribution in [3.63, 3.8) is 0 Å². The molecule has 0 spiro atoms. The summed E-state index contributed by atoms with van der Waals surface area (Å²) in [6, 6.07) is 7.81. The monoisotopic (exact) mass is 370 g/mol. The SMILES string of the molecule is CCCCCN1C(=O)C(c2ccc(C)cc2)=C(N2CCCC(CO)C2)C1=O. The summed E-state index contributed by atoms with van der Waals surface area (Å²) in [5, 5.41) is 9.57. The first-order valence-electron chi connectivity index (χ1n) is 10.1. The van der Waals surface area contributed by atoms with Gasteiger partial charge in [-0.15, -0.1) is 0 Å². The van der Waals surface area contributed by atoms with Crippen LogP contribution in [0, 0.1) is 12.8 Å². The number of hydrogen-bond acceptors (Lipinski definition) is 4. The molecule has 1 aromatic rings. The molecule has 0 bridgehead atoms. The van der Waals surface area contributed by atoms with Crippen molar-refractivity contribution >= 4 is 17.4 Å². The number of likely N-dealkylation sites (tertiary alicyclic amines) is 1. The summed E-state index contributed by atoms with van der Waals surface area (Å²) in [6.45, 7) is 6.09. The summed E-state index contributed by atoms with van der Waals surface area (Å²) in [4.78, 5) is 29.8. The van der Waals surface area contributed by atoms with E-state index in [1.807, 2.05) is 36.1 Å². The number of carbonyl (C=O) groups excluding carboxylic acids is 2. The number of unbranched alkanes of at least 4 members (excludes halogenated alkanes) is 2. The number of piperidine rings is 1. The van der Waals surface area contributed by atoms with Crippen LogP contribution < -0.4 is 0 Å². The van der Waals surface area contributed by atoms with Crippen LogP contribution in [0.25, 0.3) is 5.57 Å². The average Bonchev–Trinajstić information content (AvgIpc) is 2.93. The minimum atomic E-state index is -0.180. The molecule has 1 atom stereocenters. The lowest BCUT2D eigenvalue weighted by Gasteiger charge is -2.34. The molecular weight excluding hydrogens is 340 g/mol. The van der Waals surface area contributed by atoms with Crippen LogP contribution in [0.15, 0.2) is 30.0 Å². The lowest BCUT2D eigenvalue weighted by atomic mass is 9.96. The molecule has 0 aliphatic carbocycles. The Kier molecular flexibility index (Phi) is 6.32. The largest absolute Gasteiger partial charge is 0.396 e. The molecule has 5 heteroatoms. The fraction of sp³-hybridized carbons (Fsp3) is 0.545. The second-order valence-corrected chi connectivity index (χ2v) is 7.70. The summed E-state index contributed by atoms with van der Waals surface area (Å²) < 4.78 is 0. The second-order valence-electron chi connectivity index (χ2n) is 7.70. The van der Waals surface area contributed by atoms with Crippen LogP contribution in [0.3, 0.4) is 0 Å². The van der Waals surface area contributed by atoms with Crippen LogP contribution in [0.2, 0.25) is 0 Å². The van der Waals surface area contributed by atoms with Gasteiger partial charge in [-0.05, 0) is 37.7 Å². The normalized spacial score (nSPS) is 20.8. The van der Waals surface area contributed by atoms with E-state index in [-0.39, 0.29) is 24.3 Å². The van der Waals surface area contributed by atoms with Crippen molar-refractivity contribution in [1.82, 2.24) is 9.80 Å². The smallest absolute Gasteiger partial charge is 0.277 e. The lowest BCUT2D eigenvalue weighted by molar-refractivity contribution is -0.137. The van der Waals surface area contributed by atoms with Crippen molar-refractivity contribution in [2.75, 3.05) is 26.2 Å². The van der Waals surface area contributed by atoms with Crippen LogP contribution >= 0.6 is 0 Å². The predicted octanol–water partition coefficient (Wildman–Crippen LogP) is 2.97. The molecule has 0 saturated carbocycles. The Morgan fingerprint density at radius 1 is 1.11 bits per heavy atom. The maximum absolute atomic E-state index is 13.2. The first kappa shape index (κ1) is 19.6. The molecule has 146 valence electrons. The predicted molar refractivity (Wildman–Crippen MR) is 106 cm³/mol. The van der Waals surface area contributed by atoms with Gasteiger partial charge in [0.25, 0.3) is 11.8 Å². The van der Waals surface area contributed by atoms with Crippen molar-refractivity contribution in [3.05, 3.63) is 41.1 Å². The fourth-order valence-electron chi connectivity index (χ4n) is 3.98. The molecule has 2 aliphatic heterocycles. The van der Waals surface area contributed by atoms with E-state index >= 15 is 0 Å². The van der Waals surface area contributed by atoms with E-state index in [4.69, 9.17) is 0 Å². The van der Waals surface area contributed by atoms with Gasteiger partial charge in [0.1, 0.15) is 5.70 Å². The number of rotatable bonds is 7. The van der Waals surface area contributed by atoms with Crippen LogP contribution in [0.1, 0.15) is 50.2 Å². The number of aliphatic hydroxyl groups is 1. The lowest BCUT2D eigenvalue weighted by Crippen LogP contribution is -2.40. The van der Waals surface area contributed by atoms with Gasteiger partial charge in [-0.2, -0.15) is 0 Å². The zero-order valence-corrected chi connectivity index (χ0v) is 16.4. The molecule has 1 unspecified atom stereocenters. The molecule has 0 aromatic heterocycles. The highest BCUT2D eigenvalue weighted by molar-refractivity contribution is 6.35. The summed E-state index contributed by atoms with van der Waals surface area (Å²) in [5.74, 6) is -0.200. The number of aryl methyl sites for hydroxylation is 1. The van der Waals surface area contributed by atoms with Gasteiger partial charge >= 0.3 is 0 Å². The van der Waals surface area contributed by atoms with Gasteiger partial charge in [0.05, 0.1) is 5.57 Å². The van der Waals surface area contributed by atoms with Crippen LogP contribution in [-0.4, -0.2) is 53.0 Å². The topological polar surface area (TPSA) is 60.9 Å². The summed E-state index contributed by atoms with van der Waals surface area (Å²) >= 11 is 0. The Balaban J connectivity index is 1.97. The van der Waals surface area contributed by atoms with Gasteiger partial charge in [-0.25, -0.2) is 0 Å². The number of imide groups is 1. The molecule has 2 amide bonds. The highest BCUT2D eigenvalue weighted by atomic mass is 16.3. The Morgan fingerprint density at radius 2 is 1.85 bits per heavy atom. The summed E-state index contributed by atoms with van der Waals surface area (Å²) in [6.07, 6.45) is 4.77. The molecule has 27 heavy (non-hydrogen) atoms. The molecule has 1 N–H and O–H groups in total. The number of nitrogens with zero attached hydrogens (tertiary/aromatic N) is 2. The van der Waals surface area contributed by atoms with Crippen molar-refractivity contribution in [1.29, 1.82) is 0 Å². The second kappa shape index (κ2) is 8.70. The third-order valence-electron chi connectivity index (χ3n) is 5.56. The van der Waals surface area contributed by atoms with Gasteiger partial charge in [-0.3, -0.25) is 14.5 Å². The molecule has 5 nitrogen and oxygen atoms in total. The first-order chi connectivity index (χ1) is 13.1. The number of benzene rings is 1. The van der Waals surface area contributed by atoms with Crippen LogP contribution in [-0.2, 0) is 9.59 Å². The molecule has 1 saturated heterocycles. The maximum Gasteiger partial charge on any atom is 0.277 e. The van der Waals surface area contributed by atoms with Crippen molar-refractivity contribution < 1.29 is 14.7 Å². The molecule has 2 aliphatic rings. The summed E-state index contributed by atoms with van der Waals surface area (Å²) in [7, 11) is 0. The van der Waals surface area contributed by atoms with E-state index in [1.165, 1.54) is 4.90 Å². The van der Waals surface area contributed by atoms with E-state index < -0.39 is 0 Å². The first-order valence-corrected chi connectivity index (χ1v) is 10.1. The highest BCUT2D eigenvalue weighted by Gasteiger charge is 2.42. The molecular formula is C22H30N2O3. The standard InChI is InChI=1S/C22H30N2O3/c1-3-4-5-13-24-21(26)19(18-10-8-16(2)9-11-18)20(22(24)27)23-12-6-7-17(14-23)15-25/h8-11,17,25H,3-7,12-15H2,1-2H3. The number of hydrogen-bond donors (Lipinski definition) is 1. The summed E-state index contributed by atoms with van der Waals surface area (Å²) in [5.41, 5.74) is 2.97. The third-order valence-corrected chi connectivity index (χ3v) is 5.56. The molecule has 2 heterocycles. The van der Waals surface area contributed by atoms with Gasteiger partial charge in [0, 0.05) is 26.2 Å². The highest BCUT2D eigenvalue weighted by Crippen LogP contribution is 2.34. The minimum absolute atomic E-state index is 0.117. The Hall–Kier alpha value is -2.14. The van der Waals surface area contributed by atoms with Gasteiger partial charge in [-0.1, -0.05) is 49.6 Å². The molecule has 1 fully saturated rings. The van der Waals surface area contributed by atoms with Crippen LogP contribution in [0.5, 0.6) is 0 Å². The van der Waals surface area contributed by atoms with Crippen LogP contribution in [0.4, 0.5) is 0 Å². The number of amides is 2. The quantitative estimate of drug-likeness (QED) is 0.592. The van der Waals surface area contributed by atoms with Crippen molar-refractivity contribution in [2.24, 2.45) is 5.92 Å². The molecule has 3 rings (SSSR count). The zero-order valence-electron chi connectivity index (χ0n) is 16.4. The Bertz CT molecular complexity index is 724. The molecule has 1 aromatic carbocycles. The Morgan fingerprint density at radius 3 is 2.52 bits per heavy atom. The average molecular weight is 370 g/mol. The zero-order chi connectivity index (χ0) is 19.4. The van der Waals surface area contributed by atoms with Gasteiger partial charge in [0.2, 0.25) is 0 Å². The van der Waals surface area contributed by atoms with E-state index in [9.17, 15) is 14.7 Å². The van der Waals surface area contributed by atoms with Crippen molar-refractivity contribution in [3.8, 4) is 0 Å². The Labute approximate surface area is 161 Å². The van der Waals surface area contributed by atoms with Gasteiger partial charge in [0.15, 0.2) is 0 Å². The van der Waals surface area contributed by atoms with Gasteiger partial charge < -0.3 is 10.0 Å². The minimum Gasteiger partial charge on any atom is -0.396 e. The van der Waals surface area contributed by atoms with E-state index in [0.29, 0.717) is 24.4 Å².